The summed E-state index contributed by atoms with van der Waals surface area (Å²) in [5, 5.41) is 15.3. The van der Waals surface area contributed by atoms with Gasteiger partial charge in [0.1, 0.15) is 6.04 Å². The van der Waals surface area contributed by atoms with E-state index in [1.54, 1.807) is 4.68 Å². The third-order valence-corrected chi connectivity index (χ3v) is 4.39. The number of tetrazole rings is 1. The molecule has 0 bridgehead atoms. The molecule has 2 heterocycles. The second-order valence-electron chi connectivity index (χ2n) is 5.52. The summed E-state index contributed by atoms with van der Waals surface area (Å²) in [7, 11) is 0. The fourth-order valence-electron chi connectivity index (χ4n) is 2.74. The molecule has 0 unspecified atom stereocenters. The van der Waals surface area contributed by atoms with Gasteiger partial charge < -0.3 is 5.32 Å². The Morgan fingerprint density at radius 2 is 1.96 bits per heavy atom. The van der Waals surface area contributed by atoms with Gasteiger partial charge in [-0.25, -0.2) is 0 Å². The van der Waals surface area contributed by atoms with E-state index < -0.39 is 0 Å². The lowest BCUT2D eigenvalue weighted by molar-refractivity contribution is 0.585. The molecule has 0 fully saturated rings. The number of rotatable bonds is 2. The molecule has 1 aromatic heterocycles. The van der Waals surface area contributed by atoms with Crippen LogP contribution in [-0.4, -0.2) is 20.2 Å². The first-order valence-corrected chi connectivity index (χ1v) is 8.09. The Morgan fingerprint density at radius 3 is 2.74 bits per heavy atom. The van der Waals surface area contributed by atoms with E-state index in [2.05, 4.69) is 86.2 Å². The number of halogens is 1. The number of nitrogens with one attached hydrogen (secondary N) is 1. The molecule has 6 heteroatoms. The van der Waals surface area contributed by atoms with Gasteiger partial charge >= 0.3 is 0 Å². The van der Waals surface area contributed by atoms with Crippen molar-refractivity contribution in [3.8, 4) is 0 Å². The molecule has 0 saturated heterocycles. The van der Waals surface area contributed by atoms with Crippen LogP contribution in [-0.2, 0) is 0 Å². The topological polar surface area (TPSA) is 55.6 Å². The summed E-state index contributed by atoms with van der Waals surface area (Å²) < 4.78 is 2.86. The van der Waals surface area contributed by atoms with E-state index in [1.165, 1.54) is 5.56 Å². The standard InChI is InChI=1S/C17H14BrN5/c1-11-3-2-4-13(9-11)16-10-15(12-5-7-14(18)8-6-12)19-17-20-21-22-23(16)17/h2-10,16H,1H3,(H,19,20,22)/t16-/m1/s1. The molecular formula is C17H14BrN5. The van der Waals surface area contributed by atoms with Crippen molar-refractivity contribution in [1.29, 1.82) is 0 Å². The first-order valence-electron chi connectivity index (χ1n) is 7.30. The Labute approximate surface area is 142 Å². The number of hydrogen-bond acceptors (Lipinski definition) is 4. The normalized spacial score (nSPS) is 16.4. The minimum Gasteiger partial charge on any atom is -0.323 e. The molecular weight excluding hydrogens is 354 g/mol. The number of nitrogens with zero attached hydrogens (tertiary/aromatic N) is 4. The molecule has 2 aromatic carbocycles. The molecule has 1 aliphatic rings. The molecule has 0 radical (unpaired) electrons. The zero-order valence-corrected chi connectivity index (χ0v) is 14.0. The van der Waals surface area contributed by atoms with Crippen LogP contribution in [0, 0.1) is 6.92 Å². The monoisotopic (exact) mass is 367 g/mol. The molecule has 1 aliphatic heterocycles. The summed E-state index contributed by atoms with van der Waals surface area (Å²) in [5.41, 5.74) is 4.48. The van der Waals surface area contributed by atoms with Gasteiger partial charge in [-0.1, -0.05) is 63.0 Å². The molecule has 3 aromatic rings. The van der Waals surface area contributed by atoms with Gasteiger partial charge in [0.05, 0.1) is 0 Å². The predicted octanol–water partition coefficient (Wildman–Crippen LogP) is 3.80. The minimum absolute atomic E-state index is 0.0280. The maximum atomic E-state index is 4.13. The van der Waals surface area contributed by atoms with Crippen LogP contribution >= 0.6 is 15.9 Å². The molecule has 0 spiro atoms. The largest absolute Gasteiger partial charge is 0.323 e. The highest BCUT2D eigenvalue weighted by Crippen LogP contribution is 2.32. The number of anilines is 1. The Bertz CT molecular complexity index is 882. The van der Waals surface area contributed by atoms with Crippen molar-refractivity contribution in [1.82, 2.24) is 20.2 Å². The summed E-state index contributed by atoms with van der Waals surface area (Å²) >= 11 is 3.47. The second kappa shape index (κ2) is 5.62. The fourth-order valence-corrected chi connectivity index (χ4v) is 3.01. The van der Waals surface area contributed by atoms with E-state index in [9.17, 15) is 0 Å². The van der Waals surface area contributed by atoms with Gasteiger partial charge in [0.15, 0.2) is 0 Å². The van der Waals surface area contributed by atoms with Crippen LogP contribution < -0.4 is 5.32 Å². The van der Waals surface area contributed by atoms with Gasteiger partial charge in [-0.3, -0.25) is 0 Å². The van der Waals surface area contributed by atoms with E-state index in [4.69, 9.17) is 0 Å². The Balaban J connectivity index is 1.81. The van der Waals surface area contributed by atoms with Crippen LogP contribution in [0.15, 0.2) is 59.1 Å². The molecule has 5 nitrogen and oxygen atoms in total. The van der Waals surface area contributed by atoms with Crippen molar-refractivity contribution in [2.24, 2.45) is 0 Å². The van der Waals surface area contributed by atoms with E-state index in [0.29, 0.717) is 5.95 Å². The Hall–Kier alpha value is -2.47. The summed E-state index contributed by atoms with van der Waals surface area (Å²) in [6.45, 7) is 2.09. The van der Waals surface area contributed by atoms with Crippen molar-refractivity contribution < 1.29 is 0 Å². The number of aryl methyl sites for hydroxylation is 1. The van der Waals surface area contributed by atoms with E-state index in [-0.39, 0.29) is 6.04 Å². The van der Waals surface area contributed by atoms with Crippen molar-refractivity contribution in [3.05, 3.63) is 75.8 Å². The van der Waals surface area contributed by atoms with Gasteiger partial charge in [0.25, 0.3) is 0 Å². The summed E-state index contributed by atoms with van der Waals surface area (Å²) in [6.07, 6.45) is 2.15. The molecule has 114 valence electrons. The smallest absolute Gasteiger partial charge is 0.248 e. The van der Waals surface area contributed by atoms with Crippen molar-refractivity contribution >= 4 is 27.6 Å². The first-order chi connectivity index (χ1) is 11.2. The third-order valence-electron chi connectivity index (χ3n) is 3.87. The summed E-state index contributed by atoms with van der Waals surface area (Å²) in [6, 6.07) is 16.6. The predicted molar refractivity (Wildman–Crippen MR) is 92.9 cm³/mol. The highest BCUT2D eigenvalue weighted by molar-refractivity contribution is 9.10. The molecule has 1 N–H and O–H groups in total. The van der Waals surface area contributed by atoms with Gasteiger partial charge in [0, 0.05) is 10.2 Å². The minimum atomic E-state index is -0.0280. The quantitative estimate of drug-likeness (QED) is 0.748. The van der Waals surface area contributed by atoms with E-state index in [0.717, 1.165) is 21.3 Å². The Kier molecular flexibility index (Phi) is 3.46. The Morgan fingerprint density at radius 1 is 1.13 bits per heavy atom. The van der Waals surface area contributed by atoms with Crippen LogP contribution in [0.2, 0.25) is 0 Å². The van der Waals surface area contributed by atoms with Crippen molar-refractivity contribution in [2.75, 3.05) is 5.32 Å². The van der Waals surface area contributed by atoms with Gasteiger partial charge in [-0.05, 0) is 46.7 Å². The average Bonchev–Trinajstić information content (AvgIpc) is 3.03. The second-order valence-corrected chi connectivity index (χ2v) is 6.43. The van der Waals surface area contributed by atoms with Crippen LogP contribution in [0.3, 0.4) is 0 Å². The zero-order chi connectivity index (χ0) is 15.8. The molecule has 0 aliphatic carbocycles. The van der Waals surface area contributed by atoms with E-state index in [1.807, 2.05) is 12.1 Å². The van der Waals surface area contributed by atoms with Gasteiger partial charge in [0.2, 0.25) is 5.95 Å². The zero-order valence-electron chi connectivity index (χ0n) is 12.4. The highest BCUT2D eigenvalue weighted by atomic mass is 79.9. The molecule has 23 heavy (non-hydrogen) atoms. The number of allylic oxidation sites excluding steroid dienone is 1. The summed E-state index contributed by atoms with van der Waals surface area (Å²) in [5.74, 6) is 0.650. The number of benzene rings is 2. The lowest BCUT2D eigenvalue weighted by Crippen LogP contribution is -2.20. The lowest BCUT2D eigenvalue weighted by Gasteiger charge is -2.23. The lowest BCUT2D eigenvalue weighted by atomic mass is 10.0. The highest BCUT2D eigenvalue weighted by Gasteiger charge is 2.24. The van der Waals surface area contributed by atoms with Crippen LogP contribution in [0.4, 0.5) is 5.95 Å². The van der Waals surface area contributed by atoms with Gasteiger partial charge in [-0.2, -0.15) is 4.68 Å². The van der Waals surface area contributed by atoms with E-state index >= 15 is 0 Å². The van der Waals surface area contributed by atoms with Crippen LogP contribution in [0.5, 0.6) is 0 Å². The number of hydrogen-bond donors (Lipinski definition) is 1. The number of fused-ring (bicyclic) bond motifs is 1. The van der Waals surface area contributed by atoms with Crippen LogP contribution in [0.25, 0.3) is 5.70 Å². The number of aromatic nitrogens is 4. The molecule has 1 atom stereocenters. The first kappa shape index (κ1) is 14.1. The fraction of sp³-hybridized carbons (Fsp3) is 0.118. The molecule has 0 saturated carbocycles. The average molecular weight is 368 g/mol. The summed E-state index contributed by atoms with van der Waals surface area (Å²) in [4.78, 5) is 0. The maximum absolute atomic E-state index is 4.13. The SMILES string of the molecule is Cc1cccc([C@H]2C=C(c3ccc(Br)cc3)Nc3nnnn32)c1. The van der Waals surface area contributed by atoms with Gasteiger partial charge in [-0.15, -0.1) is 0 Å². The third kappa shape index (κ3) is 2.66. The van der Waals surface area contributed by atoms with Crippen LogP contribution in [0.1, 0.15) is 22.7 Å². The van der Waals surface area contributed by atoms with Crippen molar-refractivity contribution in [3.63, 3.8) is 0 Å². The molecule has 4 rings (SSSR count). The maximum Gasteiger partial charge on any atom is 0.248 e. The van der Waals surface area contributed by atoms with Crippen molar-refractivity contribution in [2.45, 2.75) is 13.0 Å². The molecule has 0 amide bonds.